The van der Waals surface area contributed by atoms with Crippen molar-refractivity contribution in [1.82, 2.24) is 12.3 Å². The van der Waals surface area contributed by atoms with Crippen molar-refractivity contribution in [2.24, 2.45) is 0 Å². The number of hydrogen-bond acceptors (Lipinski definition) is 2. The molecule has 0 bridgehead atoms. The summed E-state index contributed by atoms with van der Waals surface area (Å²) in [5, 5.41) is 0. The summed E-state index contributed by atoms with van der Waals surface area (Å²) in [5.41, 5.74) is 0. The van der Waals surface area contributed by atoms with Crippen molar-refractivity contribution in [2.75, 3.05) is 0 Å². The molecule has 0 aromatic rings. The monoisotopic (exact) mass is 452 g/mol. The van der Waals surface area contributed by atoms with Gasteiger partial charge in [-0.25, -0.2) is 0 Å². The summed E-state index contributed by atoms with van der Waals surface area (Å²) in [5.74, 6) is 0. The number of hydrogen-bond donors (Lipinski definition) is 2. The van der Waals surface area contributed by atoms with E-state index in [0.29, 0.717) is 0 Å². The first-order valence-electron chi connectivity index (χ1n) is 0. The average Bonchev–Trinajstić information content (AvgIpc) is 0. The van der Waals surface area contributed by atoms with Crippen LogP contribution in [0.5, 0.6) is 0 Å². The zero-order chi connectivity index (χ0) is 0. The molecular weight excluding hydrogens is 446 g/mol. The predicted octanol–water partition coefficient (Wildman–Crippen LogP) is -0.438. The van der Waals surface area contributed by atoms with Crippen LogP contribution in [0, 0.1) is 0 Å². The molecule has 6 N–H and O–H groups in total. The van der Waals surface area contributed by atoms with Gasteiger partial charge in [0.05, 0.1) is 0 Å². The Hall–Kier alpha value is 1.69. The maximum Gasteiger partial charge on any atom is 0 e. The normalized spacial score (nSPS) is 0. The summed E-state index contributed by atoms with van der Waals surface area (Å²) in [6.45, 7) is 0. The Balaban J connectivity index is 0. The molecule has 0 aliphatic heterocycles. The van der Waals surface area contributed by atoms with Gasteiger partial charge in [-0.15, -0.1) is 0 Å². The smallest absolute Gasteiger partial charge is 0 e. The van der Waals surface area contributed by atoms with E-state index in [1.807, 2.05) is 0 Å². The predicted molar refractivity (Wildman–Crippen MR) is 21.6 cm³/mol. The fourth-order valence-electron chi connectivity index (χ4n) is 0. The average molecular weight is 452 g/mol. The first-order valence-corrected chi connectivity index (χ1v) is 0. The van der Waals surface area contributed by atoms with Crippen molar-refractivity contribution in [2.45, 2.75) is 0 Å². The molecule has 0 aliphatic rings. The van der Waals surface area contributed by atoms with Gasteiger partial charge in [-0.3, -0.25) is 0 Å². The fraction of sp³-hybridized carbons (Fsp3) is 0. The molecule has 0 amide bonds. The summed E-state index contributed by atoms with van der Waals surface area (Å²) < 4.78 is 0. The van der Waals surface area contributed by atoms with Crippen LogP contribution < -0.4 is 12.3 Å². The maximum absolute atomic E-state index is 0. The largest absolute Gasteiger partial charge is 0.344 e. The Kier molecular flexibility index (Phi) is 246. The van der Waals surface area contributed by atoms with E-state index >= 15 is 0 Å². The molecule has 0 aromatic heterocycles. The van der Waals surface area contributed by atoms with Gasteiger partial charge in [0.2, 0.25) is 0 Å². The zero-order valence-corrected chi connectivity index (χ0v) is 9.26. The van der Waals surface area contributed by atoms with E-state index in [1.54, 1.807) is 0 Å². The van der Waals surface area contributed by atoms with Crippen LogP contribution in [0.15, 0.2) is 0 Å². The van der Waals surface area contributed by atoms with Crippen LogP contribution in [0.3, 0.4) is 0 Å². The molecule has 0 fully saturated rings. The van der Waals surface area contributed by atoms with Gasteiger partial charge < -0.3 is 12.3 Å². The Morgan fingerprint density at radius 1 is 0.500 bits per heavy atom. The van der Waals surface area contributed by atoms with Gasteiger partial charge in [0.15, 0.2) is 0 Å². The second-order valence-electron chi connectivity index (χ2n) is 0. The van der Waals surface area contributed by atoms with Crippen LogP contribution in [-0.2, 0) is 0 Å². The van der Waals surface area contributed by atoms with Crippen molar-refractivity contribution >= 4 is 52.4 Å². The van der Waals surface area contributed by atoms with Crippen molar-refractivity contribution in [3.8, 4) is 0 Å². The molecule has 2 nitrogen and oxygen atoms in total. The second kappa shape index (κ2) is 22.4. The first-order chi connectivity index (χ1) is 0. The molecule has 0 saturated heterocycles. The molecular formula is H6Bi2N2. The molecule has 0 spiro atoms. The standard InChI is InChI=1S/2Bi.2H3N/h;;2*1H3. The molecule has 0 aliphatic carbocycles. The summed E-state index contributed by atoms with van der Waals surface area (Å²) in [4.78, 5) is 0. The first kappa shape index (κ1) is 43.9. The zero-order valence-electron chi connectivity index (χ0n) is 2.31. The van der Waals surface area contributed by atoms with Crippen LogP contribution in [0.1, 0.15) is 0 Å². The molecule has 4 heavy (non-hydrogen) atoms. The fourth-order valence-corrected chi connectivity index (χ4v) is 0. The molecule has 0 saturated carbocycles. The van der Waals surface area contributed by atoms with Gasteiger partial charge in [0.25, 0.3) is 0 Å². The summed E-state index contributed by atoms with van der Waals surface area (Å²) >= 11 is 0. The Labute approximate surface area is 64.1 Å². The minimum atomic E-state index is 0. The topological polar surface area (TPSA) is 70.0 Å². The van der Waals surface area contributed by atoms with Gasteiger partial charge in [-0.05, 0) is 0 Å². The molecule has 26 valence electrons. The third kappa shape index (κ3) is 9.35. The van der Waals surface area contributed by atoms with E-state index in [-0.39, 0.29) is 64.7 Å². The van der Waals surface area contributed by atoms with Crippen LogP contribution in [-0.4, -0.2) is 52.4 Å². The van der Waals surface area contributed by atoms with E-state index in [1.165, 1.54) is 0 Å². The third-order valence-corrected chi connectivity index (χ3v) is 0. The van der Waals surface area contributed by atoms with E-state index < -0.39 is 0 Å². The molecule has 0 unspecified atom stereocenters. The SMILES string of the molecule is N.N.[Bi].[Bi]. The summed E-state index contributed by atoms with van der Waals surface area (Å²) in [7, 11) is 0. The van der Waals surface area contributed by atoms with Crippen molar-refractivity contribution < 1.29 is 0 Å². The molecule has 0 heterocycles. The Bertz CT molecular complexity index is 4.00. The summed E-state index contributed by atoms with van der Waals surface area (Å²) in [6.07, 6.45) is 0. The molecule has 4 heteroatoms. The minimum absolute atomic E-state index is 0. The van der Waals surface area contributed by atoms with Crippen molar-refractivity contribution in [3.63, 3.8) is 0 Å². The van der Waals surface area contributed by atoms with E-state index in [2.05, 4.69) is 0 Å². The van der Waals surface area contributed by atoms with Gasteiger partial charge in [0.1, 0.15) is 0 Å². The van der Waals surface area contributed by atoms with Crippen LogP contribution in [0.2, 0.25) is 0 Å². The Morgan fingerprint density at radius 2 is 0.500 bits per heavy atom. The molecule has 0 aromatic carbocycles. The maximum atomic E-state index is 0. The van der Waals surface area contributed by atoms with E-state index in [9.17, 15) is 0 Å². The minimum Gasteiger partial charge on any atom is -0.344 e. The van der Waals surface area contributed by atoms with Gasteiger partial charge in [0, 0.05) is 52.4 Å². The number of rotatable bonds is 0. The van der Waals surface area contributed by atoms with Crippen LogP contribution >= 0.6 is 0 Å². The molecule has 0 atom stereocenters. The van der Waals surface area contributed by atoms with Crippen LogP contribution in [0.4, 0.5) is 0 Å². The molecule has 0 rings (SSSR count). The quantitative estimate of drug-likeness (QED) is 0.490. The van der Waals surface area contributed by atoms with Gasteiger partial charge >= 0.3 is 0 Å². The van der Waals surface area contributed by atoms with Crippen molar-refractivity contribution in [3.05, 3.63) is 0 Å². The van der Waals surface area contributed by atoms with E-state index in [0.717, 1.165) is 0 Å². The van der Waals surface area contributed by atoms with Gasteiger partial charge in [-0.1, -0.05) is 0 Å². The van der Waals surface area contributed by atoms with Crippen molar-refractivity contribution in [1.29, 1.82) is 0 Å². The molecule has 6 radical (unpaired) electrons. The summed E-state index contributed by atoms with van der Waals surface area (Å²) in [6, 6.07) is 0. The second-order valence-corrected chi connectivity index (χ2v) is 0. The van der Waals surface area contributed by atoms with Gasteiger partial charge in [-0.2, -0.15) is 0 Å². The third-order valence-electron chi connectivity index (χ3n) is 0. The Morgan fingerprint density at radius 3 is 0.500 bits per heavy atom. The van der Waals surface area contributed by atoms with Crippen LogP contribution in [0.25, 0.3) is 0 Å². The van der Waals surface area contributed by atoms with E-state index in [4.69, 9.17) is 0 Å².